The lowest BCUT2D eigenvalue weighted by Crippen LogP contribution is -2.36. The Hall–Kier alpha value is -3.87. The first-order valence-electron chi connectivity index (χ1n) is 21.8. The van der Waals surface area contributed by atoms with E-state index in [0.717, 1.165) is 53.5 Å². The second kappa shape index (κ2) is 26.3. The summed E-state index contributed by atoms with van der Waals surface area (Å²) in [7, 11) is -3.72. The zero-order chi connectivity index (χ0) is 42.3. The minimum atomic E-state index is -3.72. The molecule has 8 nitrogen and oxygen atoms in total. The number of unbranched alkanes of at least 4 members (excludes halogenated alkanes) is 11. The molecule has 9 heteroatoms. The Labute approximate surface area is 350 Å². The number of hydrogen-bond acceptors (Lipinski definition) is 7. The molecule has 0 bridgehead atoms. The van der Waals surface area contributed by atoms with Gasteiger partial charge in [0.25, 0.3) is 0 Å². The van der Waals surface area contributed by atoms with Crippen molar-refractivity contribution in [2.24, 2.45) is 0 Å². The first kappa shape index (κ1) is 48.5. The molecule has 1 unspecified atom stereocenters. The molecule has 0 spiro atoms. The van der Waals surface area contributed by atoms with Crippen molar-refractivity contribution in [2.45, 2.75) is 170 Å². The number of carbonyl (C=O) groups excluding carboxylic acids is 2. The fourth-order valence-electron chi connectivity index (χ4n) is 6.87. The maximum Gasteiger partial charge on any atom is 0.354 e. The van der Waals surface area contributed by atoms with Gasteiger partial charge in [0.15, 0.2) is 6.35 Å². The number of allylic oxidation sites excluding steroid dienone is 2. The van der Waals surface area contributed by atoms with Crippen LogP contribution >= 0.6 is 7.52 Å². The van der Waals surface area contributed by atoms with Gasteiger partial charge in [0.1, 0.15) is 23.3 Å². The van der Waals surface area contributed by atoms with Crippen LogP contribution in [0.2, 0.25) is 0 Å². The number of hydrogen-bond donors (Lipinski definition) is 1. The van der Waals surface area contributed by atoms with Gasteiger partial charge in [-0.2, -0.15) is 0 Å². The van der Waals surface area contributed by atoms with Crippen molar-refractivity contribution < 1.29 is 32.9 Å². The molecule has 0 aliphatic rings. The molecule has 0 radical (unpaired) electrons. The van der Waals surface area contributed by atoms with E-state index in [1.54, 1.807) is 45.0 Å². The van der Waals surface area contributed by atoms with Gasteiger partial charge in [-0.05, 0) is 137 Å². The van der Waals surface area contributed by atoms with Crippen LogP contribution in [0.1, 0.15) is 165 Å². The van der Waals surface area contributed by atoms with Gasteiger partial charge >= 0.3 is 19.5 Å². The quantitative estimate of drug-likeness (QED) is 0.0254. The number of nitrogens with one attached hydrogen (secondary N) is 1. The second-order valence-corrected chi connectivity index (χ2v) is 18.3. The molecule has 0 heterocycles. The van der Waals surface area contributed by atoms with Gasteiger partial charge in [-0.25, -0.2) is 5.09 Å². The van der Waals surface area contributed by atoms with E-state index < -0.39 is 19.5 Å². The van der Waals surface area contributed by atoms with Crippen LogP contribution < -0.4 is 19.1 Å². The summed E-state index contributed by atoms with van der Waals surface area (Å²) in [5, 5.41) is 2.85. The molecule has 0 saturated heterocycles. The summed E-state index contributed by atoms with van der Waals surface area (Å²) in [4.78, 5) is 25.4. The van der Waals surface area contributed by atoms with Crippen molar-refractivity contribution in [2.75, 3.05) is 6.35 Å². The molecule has 3 aromatic rings. The molecule has 0 fully saturated rings. The summed E-state index contributed by atoms with van der Waals surface area (Å²) < 4.78 is 37.3. The highest BCUT2D eigenvalue weighted by atomic mass is 31.2. The molecule has 0 saturated carbocycles. The highest BCUT2D eigenvalue weighted by Gasteiger charge is 2.32. The maximum atomic E-state index is 14.1. The van der Waals surface area contributed by atoms with E-state index in [0.29, 0.717) is 30.1 Å². The summed E-state index contributed by atoms with van der Waals surface area (Å²) in [6.45, 7) is 15.7. The Morgan fingerprint density at radius 1 is 0.741 bits per heavy atom. The predicted molar refractivity (Wildman–Crippen MR) is 238 cm³/mol. The fourth-order valence-corrected chi connectivity index (χ4v) is 8.53. The van der Waals surface area contributed by atoms with Crippen LogP contribution in [0.25, 0.3) is 0 Å². The highest BCUT2D eigenvalue weighted by molar-refractivity contribution is 7.57. The Kier molecular flexibility index (Phi) is 22.0. The van der Waals surface area contributed by atoms with Gasteiger partial charge in [0, 0.05) is 6.42 Å². The number of carbonyl (C=O) groups is 2. The van der Waals surface area contributed by atoms with E-state index in [9.17, 15) is 14.2 Å². The summed E-state index contributed by atoms with van der Waals surface area (Å²) in [6.07, 6.45) is 21.1. The van der Waals surface area contributed by atoms with E-state index >= 15 is 0 Å². The van der Waals surface area contributed by atoms with Crippen LogP contribution in [-0.4, -0.2) is 30.4 Å². The van der Waals surface area contributed by atoms with E-state index in [1.807, 2.05) is 44.2 Å². The van der Waals surface area contributed by atoms with Gasteiger partial charge in [0.2, 0.25) is 0 Å². The van der Waals surface area contributed by atoms with Crippen LogP contribution in [0.15, 0.2) is 72.8 Å². The molecule has 3 rings (SSSR count). The Morgan fingerprint density at radius 2 is 1.34 bits per heavy atom. The van der Waals surface area contributed by atoms with Crippen LogP contribution in [0, 0.1) is 13.8 Å². The summed E-state index contributed by atoms with van der Waals surface area (Å²) in [5.41, 5.74) is 5.34. The maximum absolute atomic E-state index is 14.1. The van der Waals surface area contributed by atoms with E-state index in [1.165, 1.54) is 57.8 Å². The van der Waals surface area contributed by atoms with Crippen molar-refractivity contribution in [3.63, 3.8) is 0 Å². The van der Waals surface area contributed by atoms with E-state index in [-0.39, 0.29) is 24.3 Å². The van der Waals surface area contributed by atoms with Crippen molar-refractivity contribution >= 4 is 19.5 Å². The van der Waals surface area contributed by atoms with Crippen LogP contribution in [0.3, 0.4) is 0 Å². The average molecular weight is 818 g/mol. The fraction of sp³-hybridized carbons (Fsp3) is 0.551. The molecule has 0 aromatic heterocycles. The summed E-state index contributed by atoms with van der Waals surface area (Å²) in [5.74, 6) is 1.06. The molecular formula is C49H72NO7P. The van der Waals surface area contributed by atoms with Crippen molar-refractivity contribution in [3.8, 4) is 17.2 Å². The molecule has 2 atom stereocenters. The van der Waals surface area contributed by atoms with Crippen molar-refractivity contribution in [1.29, 1.82) is 0 Å². The first-order chi connectivity index (χ1) is 27.8. The molecule has 58 heavy (non-hydrogen) atoms. The third-order valence-corrected chi connectivity index (χ3v) is 11.9. The Bertz CT molecular complexity index is 1730. The molecule has 320 valence electrons. The molecule has 1 N–H and O–H groups in total. The standard InChI is InChI=1S/C49H72NO7P/c1-9-10-11-12-13-14-15-16-17-18-19-20-21-22-26-29-48(51)56-47-31-30-42(34-45(47)37(2)3)35-46-39(6)32-44(33-40(46)7)54-36-58(53,57-43-27-24-23-25-28-43)50-41(8)49(52)55-38(4)5/h16-17,23-25,27-28,30-34,37-38,41H,9-15,18-22,26,29,35-36H2,1-8H3,(H,50,53)/b17-16-/t41-,58?/m0/s1. The van der Waals surface area contributed by atoms with Gasteiger partial charge < -0.3 is 18.7 Å². The number of esters is 2. The SMILES string of the molecule is CCCCCCCC/C=C\CCCCCCCC(=O)Oc1ccc(Cc2c(C)cc(OCP(=O)(N[C@@H](C)C(=O)OC(C)C)Oc3ccccc3)cc2C)cc1C(C)C. The van der Waals surface area contributed by atoms with Gasteiger partial charge in [-0.1, -0.05) is 115 Å². The number of rotatable bonds is 28. The normalized spacial score (nSPS) is 13.1. The van der Waals surface area contributed by atoms with Crippen LogP contribution in [0.4, 0.5) is 0 Å². The first-order valence-corrected chi connectivity index (χ1v) is 23.6. The van der Waals surface area contributed by atoms with E-state index in [2.05, 4.69) is 44.1 Å². The largest absolute Gasteiger partial charge is 0.481 e. The topological polar surface area (TPSA) is 100 Å². The zero-order valence-corrected chi connectivity index (χ0v) is 37.7. The lowest BCUT2D eigenvalue weighted by molar-refractivity contribution is -0.149. The smallest absolute Gasteiger partial charge is 0.354 e. The van der Waals surface area contributed by atoms with Crippen molar-refractivity contribution in [1.82, 2.24) is 5.09 Å². The monoisotopic (exact) mass is 818 g/mol. The third kappa shape index (κ3) is 18.4. The lowest BCUT2D eigenvalue weighted by atomic mass is 9.93. The summed E-state index contributed by atoms with van der Waals surface area (Å²) in [6, 6.07) is 17.9. The Balaban J connectivity index is 1.52. The van der Waals surface area contributed by atoms with Gasteiger partial charge in [-0.3, -0.25) is 14.2 Å². The Morgan fingerprint density at radius 3 is 1.95 bits per heavy atom. The average Bonchev–Trinajstić information content (AvgIpc) is 3.17. The van der Waals surface area contributed by atoms with Gasteiger partial charge in [-0.15, -0.1) is 0 Å². The van der Waals surface area contributed by atoms with Gasteiger partial charge in [0.05, 0.1) is 6.10 Å². The van der Waals surface area contributed by atoms with Crippen molar-refractivity contribution in [3.05, 3.63) is 101 Å². The number of ether oxygens (including phenoxy) is 3. The van der Waals surface area contributed by atoms with E-state index in [4.69, 9.17) is 18.7 Å². The molecule has 0 aliphatic carbocycles. The number of para-hydroxylation sites is 1. The highest BCUT2D eigenvalue weighted by Crippen LogP contribution is 2.44. The molecule has 3 aromatic carbocycles. The van der Waals surface area contributed by atoms with Crippen LogP contribution in [-0.2, 0) is 25.3 Å². The summed E-state index contributed by atoms with van der Waals surface area (Å²) >= 11 is 0. The second-order valence-electron chi connectivity index (χ2n) is 16.2. The van der Waals surface area contributed by atoms with Crippen LogP contribution in [0.5, 0.6) is 17.2 Å². The number of aryl methyl sites for hydroxylation is 2. The molecular weight excluding hydrogens is 746 g/mol. The number of benzene rings is 3. The molecule has 0 aliphatic heterocycles. The lowest BCUT2D eigenvalue weighted by Gasteiger charge is -2.24. The zero-order valence-electron chi connectivity index (χ0n) is 36.8. The predicted octanol–water partition coefficient (Wildman–Crippen LogP) is 13.5. The molecule has 0 amide bonds. The third-order valence-electron chi connectivity index (χ3n) is 10.1. The minimum Gasteiger partial charge on any atom is -0.481 e. The minimum absolute atomic E-state index is 0.173.